The fourth-order valence-corrected chi connectivity index (χ4v) is 2.62. The second kappa shape index (κ2) is 9.37. The molecule has 1 fully saturated rings. The number of amides is 1. The zero-order valence-corrected chi connectivity index (χ0v) is 12.3. The van der Waals surface area contributed by atoms with Gasteiger partial charge in [0.2, 0.25) is 5.91 Å². The molecule has 1 rings (SSSR count). The Kier molecular flexibility index (Phi) is 8.06. The predicted molar refractivity (Wildman–Crippen MR) is 76.7 cm³/mol. The Morgan fingerprint density at radius 3 is 2.39 bits per heavy atom. The van der Waals surface area contributed by atoms with Crippen molar-refractivity contribution in [1.82, 2.24) is 9.80 Å². The van der Waals surface area contributed by atoms with Crippen LogP contribution in [0.4, 0.5) is 0 Å². The Bertz CT molecular complexity index is 225. The van der Waals surface area contributed by atoms with Crippen LogP contribution in [0.3, 0.4) is 0 Å². The van der Waals surface area contributed by atoms with Crippen molar-refractivity contribution in [3.05, 3.63) is 0 Å². The van der Waals surface area contributed by atoms with Crippen molar-refractivity contribution in [1.29, 1.82) is 0 Å². The summed E-state index contributed by atoms with van der Waals surface area (Å²) in [5, 5.41) is 0. The van der Waals surface area contributed by atoms with Gasteiger partial charge in [0.05, 0.1) is 0 Å². The van der Waals surface area contributed by atoms with Gasteiger partial charge in [-0.1, -0.05) is 26.2 Å². The Labute approximate surface area is 113 Å². The topological polar surface area (TPSA) is 23.6 Å². The monoisotopic (exact) mass is 254 g/mol. The van der Waals surface area contributed by atoms with Crippen LogP contribution in [0.1, 0.15) is 58.3 Å². The third kappa shape index (κ3) is 6.39. The van der Waals surface area contributed by atoms with E-state index in [1.165, 1.54) is 58.2 Å². The molecule has 0 N–H and O–H groups in total. The largest absolute Gasteiger partial charge is 0.346 e. The fraction of sp³-hybridized carbons (Fsp3) is 0.933. The van der Waals surface area contributed by atoms with Gasteiger partial charge >= 0.3 is 0 Å². The molecule has 0 unspecified atom stereocenters. The summed E-state index contributed by atoms with van der Waals surface area (Å²) in [5.74, 6) is 0.267. The van der Waals surface area contributed by atoms with E-state index in [0.29, 0.717) is 6.42 Å². The van der Waals surface area contributed by atoms with E-state index in [1.54, 1.807) is 0 Å². The van der Waals surface area contributed by atoms with Gasteiger partial charge in [-0.25, -0.2) is 0 Å². The molecule has 3 nitrogen and oxygen atoms in total. The molecule has 0 radical (unpaired) electrons. The fourth-order valence-electron chi connectivity index (χ4n) is 2.62. The van der Waals surface area contributed by atoms with Crippen LogP contribution in [-0.4, -0.2) is 48.9 Å². The molecule has 106 valence electrons. The first-order valence-electron chi connectivity index (χ1n) is 7.70. The molecule has 18 heavy (non-hydrogen) atoms. The zero-order valence-electron chi connectivity index (χ0n) is 12.3. The van der Waals surface area contributed by atoms with E-state index in [1.807, 2.05) is 18.9 Å². The number of rotatable bonds is 8. The van der Waals surface area contributed by atoms with Crippen LogP contribution >= 0.6 is 0 Å². The number of unbranched alkanes of at least 4 members (excludes halogenated alkanes) is 3. The molecule has 1 aliphatic rings. The average molecular weight is 254 g/mol. The summed E-state index contributed by atoms with van der Waals surface area (Å²) in [4.78, 5) is 15.8. The molecule has 0 aromatic carbocycles. The van der Waals surface area contributed by atoms with Crippen molar-refractivity contribution in [2.45, 2.75) is 58.3 Å². The molecule has 3 heteroatoms. The zero-order chi connectivity index (χ0) is 13.2. The summed E-state index contributed by atoms with van der Waals surface area (Å²) in [6.45, 7) is 6.76. The van der Waals surface area contributed by atoms with Crippen molar-refractivity contribution in [2.75, 3.05) is 33.2 Å². The number of likely N-dealkylation sites (tertiary alicyclic amines) is 1. The van der Waals surface area contributed by atoms with Gasteiger partial charge in [-0.05, 0) is 45.3 Å². The van der Waals surface area contributed by atoms with Gasteiger partial charge in [-0.3, -0.25) is 4.79 Å². The van der Waals surface area contributed by atoms with E-state index in [-0.39, 0.29) is 5.91 Å². The van der Waals surface area contributed by atoms with Gasteiger partial charge in [0.25, 0.3) is 0 Å². The smallest absolute Gasteiger partial charge is 0.222 e. The summed E-state index contributed by atoms with van der Waals surface area (Å²) in [5.41, 5.74) is 0. The number of piperidine rings is 1. The highest BCUT2D eigenvalue weighted by Crippen LogP contribution is 2.10. The predicted octanol–water partition coefficient (Wildman–Crippen LogP) is 2.90. The van der Waals surface area contributed by atoms with Crippen molar-refractivity contribution in [2.24, 2.45) is 0 Å². The van der Waals surface area contributed by atoms with Gasteiger partial charge in [-0.2, -0.15) is 0 Å². The third-order valence-electron chi connectivity index (χ3n) is 3.89. The SMILES string of the molecule is CCC(=O)N(C)CCCCCCN1CCCCC1. The molecule has 0 aromatic rings. The van der Waals surface area contributed by atoms with Gasteiger partial charge < -0.3 is 9.80 Å². The summed E-state index contributed by atoms with van der Waals surface area (Å²) in [6, 6.07) is 0. The van der Waals surface area contributed by atoms with Gasteiger partial charge in [-0.15, -0.1) is 0 Å². The molecule has 1 saturated heterocycles. The van der Waals surface area contributed by atoms with Gasteiger partial charge in [0.15, 0.2) is 0 Å². The quantitative estimate of drug-likeness (QED) is 0.622. The van der Waals surface area contributed by atoms with Crippen molar-refractivity contribution in [3.63, 3.8) is 0 Å². The lowest BCUT2D eigenvalue weighted by atomic mass is 10.1. The van der Waals surface area contributed by atoms with Crippen molar-refractivity contribution in [3.8, 4) is 0 Å². The maximum absolute atomic E-state index is 11.4. The Hall–Kier alpha value is -0.570. The molecule has 0 bridgehead atoms. The van der Waals surface area contributed by atoms with E-state index in [4.69, 9.17) is 0 Å². The molecule has 0 spiro atoms. The van der Waals surface area contributed by atoms with E-state index in [0.717, 1.165) is 13.0 Å². The van der Waals surface area contributed by atoms with Crippen molar-refractivity contribution >= 4 is 5.91 Å². The highest BCUT2D eigenvalue weighted by Gasteiger charge is 2.09. The number of carbonyl (C=O) groups excluding carboxylic acids is 1. The van der Waals surface area contributed by atoms with Crippen LogP contribution in [0.5, 0.6) is 0 Å². The Morgan fingerprint density at radius 2 is 1.72 bits per heavy atom. The summed E-state index contributed by atoms with van der Waals surface area (Å²) in [7, 11) is 1.92. The van der Waals surface area contributed by atoms with Crippen LogP contribution in [0.15, 0.2) is 0 Å². The number of hydrogen-bond acceptors (Lipinski definition) is 2. The molecule has 0 aliphatic carbocycles. The Balaban J connectivity index is 1.90. The first kappa shape index (κ1) is 15.5. The third-order valence-corrected chi connectivity index (χ3v) is 3.89. The second-order valence-corrected chi connectivity index (χ2v) is 5.49. The number of carbonyl (C=O) groups is 1. The second-order valence-electron chi connectivity index (χ2n) is 5.49. The average Bonchev–Trinajstić information content (AvgIpc) is 2.42. The molecule has 1 amide bonds. The molecule has 1 heterocycles. The minimum absolute atomic E-state index is 0.267. The lowest BCUT2D eigenvalue weighted by Gasteiger charge is -2.26. The maximum atomic E-state index is 11.4. The van der Waals surface area contributed by atoms with Gasteiger partial charge in [0, 0.05) is 20.0 Å². The van der Waals surface area contributed by atoms with Crippen LogP contribution < -0.4 is 0 Å². The number of nitrogens with zero attached hydrogens (tertiary/aromatic N) is 2. The van der Waals surface area contributed by atoms with Crippen molar-refractivity contribution < 1.29 is 4.79 Å². The lowest BCUT2D eigenvalue weighted by molar-refractivity contribution is -0.129. The summed E-state index contributed by atoms with van der Waals surface area (Å²) >= 11 is 0. The highest BCUT2D eigenvalue weighted by molar-refractivity contribution is 5.75. The highest BCUT2D eigenvalue weighted by atomic mass is 16.2. The molecule has 0 saturated carbocycles. The van der Waals surface area contributed by atoms with Crippen LogP contribution in [0.25, 0.3) is 0 Å². The standard InChI is InChI=1S/C15H30N2O/c1-3-15(18)16(2)11-7-4-5-8-12-17-13-9-6-10-14-17/h3-14H2,1-2H3. The summed E-state index contributed by atoms with van der Waals surface area (Å²) < 4.78 is 0. The van der Waals surface area contributed by atoms with E-state index in [9.17, 15) is 4.79 Å². The first-order valence-corrected chi connectivity index (χ1v) is 7.70. The lowest BCUT2D eigenvalue weighted by Crippen LogP contribution is -2.30. The van der Waals surface area contributed by atoms with E-state index >= 15 is 0 Å². The Morgan fingerprint density at radius 1 is 1.06 bits per heavy atom. The minimum atomic E-state index is 0.267. The molecular weight excluding hydrogens is 224 g/mol. The number of hydrogen-bond donors (Lipinski definition) is 0. The normalized spacial score (nSPS) is 16.8. The molecular formula is C15H30N2O. The van der Waals surface area contributed by atoms with E-state index in [2.05, 4.69) is 4.90 Å². The molecule has 0 aromatic heterocycles. The van der Waals surface area contributed by atoms with E-state index < -0.39 is 0 Å². The van der Waals surface area contributed by atoms with Crippen LogP contribution in [0, 0.1) is 0 Å². The maximum Gasteiger partial charge on any atom is 0.222 e. The van der Waals surface area contributed by atoms with Gasteiger partial charge in [0.1, 0.15) is 0 Å². The first-order chi connectivity index (χ1) is 8.74. The van der Waals surface area contributed by atoms with Crippen LogP contribution in [-0.2, 0) is 4.79 Å². The minimum Gasteiger partial charge on any atom is -0.346 e. The summed E-state index contributed by atoms with van der Waals surface area (Å²) in [6.07, 6.45) is 9.89. The molecule has 1 aliphatic heterocycles. The van der Waals surface area contributed by atoms with Crippen LogP contribution in [0.2, 0.25) is 0 Å². The molecule has 0 atom stereocenters.